The largest absolute Gasteiger partial charge is 0.350 e. The average Bonchev–Trinajstić information content (AvgIpc) is 3.20. The summed E-state index contributed by atoms with van der Waals surface area (Å²) in [5, 5.41) is 3.35. The van der Waals surface area contributed by atoms with E-state index in [1.807, 2.05) is 36.4 Å². The van der Waals surface area contributed by atoms with Crippen molar-refractivity contribution in [3.05, 3.63) is 42.0 Å². The monoisotopic (exact) mass is 476 g/mol. The number of hydrogen-bond acceptors (Lipinski definition) is 2. The van der Waals surface area contributed by atoms with Gasteiger partial charge < -0.3 is 10.2 Å². The van der Waals surface area contributed by atoms with Crippen molar-refractivity contribution in [2.24, 2.45) is 40.4 Å². The third-order valence-corrected chi connectivity index (χ3v) is 11.7. The number of nitrogens with zero attached hydrogens (tertiary/aromatic N) is 1. The van der Waals surface area contributed by atoms with E-state index in [2.05, 4.69) is 45.1 Å². The number of amides is 1. The van der Waals surface area contributed by atoms with Crippen LogP contribution < -0.4 is 5.32 Å². The lowest BCUT2D eigenvalue weighted by atomic mass is 9.44. The molecule has 0 heterocycles. The summed E-state index contributed by atoms with van der Waals surface area (Å²) in [7, 11) is 4.54. The first kappa shape index (κ1) is 25.1. The van der Waals surface area contributed by atoms with Crippen LogP contribution in [0, 0.1) is 40.4 Å². The van der Waals surface area contributed by atoms with E-state index >= 15 is 0 Å². The molecule has 4 saturated carbocycles. The molecule has 0 radical (unpaired) electrons. The third-order valence-electron chi connectivity index (χ3n) is 11.7. The molecule has 0 aliphatic heterocycles. The lowest BCUT2D eigenvalue weighted by Crippen LogP contribution is -2.56. The van der Waals surface area contributed by atoms with Crippen LogP contribution in [0.2, 0.25) is 0 Å². The van der Waals surface area contributed by atoms with Crippen LogP contribution >= 0.6 is 0 Å². The fraction of sp³-hybridized carbons (Fsp3) is 0.719. The summed E-state index contributed by atoms with van der Waals surface area (Å²) in [5.41, 5.74) is 2.08. The Morgan fingerprint density at radius 1 is 0.971 bits per heavy atom. The van der Waals surface area contributed by atoms with Crippen molar-refractivity contribution in [3.8, 4) is 0 Å². The normalized spacial score (nSPS) is 41.8. The van der Waals surface area contributed by atoms with Crippen LogP contribution in [-0.2, 0) is 4.79 Å². The molecule has 4 aliphatic rings. The third kappa shape index (κ3) is 4.52. The molecule has 1 aromatic carbocycles. The predicted molar refractivity (Wildman–Crippen MR) is 146 cm³/mol. The molecule has 1 amide bonds. The van der Waals surface area contributed by atoms with E-state index in [9.17, 15) is 4.79 Å². The van der Waals surface area contributed by atoms with Gasteiger partial charge in [-0.2, -0.15) is 0 Å². The van der Waals surface area contributed by atoms with Gasteiger partial charge in [0.15, 0.2) is 0 Å². The Kier molecular flexibility index (Phi) is 6.94. The minimum atomic E-state index is 0.0663. The number of fused-ring (bicyclic) bond motifs is 5. The number of nitrogens with one attached hydrogen (secondary N) is 1. The molecule has 1 aromatic rings. The van der Waals surface area contributed by atoms with E-state index in [1.54, 1.807) is 6.08 Å². The van der Waals surface area contributed by atoms with Gasteiger partial charge in [-0.05, 0) is 131 Å². The van der Waals surface area contributed by atoms with Gasteiger partial charge in [-0.1, -0.05) is 44.2 Å². The zero-order valence-corrected chi connectivity index (χ0v) is 22.8. The van der Waals surface area contributed by atoms with Crippen LogP contribution in [0.4, 0.5) is 0 Å². The predicted octanol–water partition coefficient (Wildman–Crippen LogP) is 6.79. The van der Waals surface area contributed by atoms with Crippen LogP contribution in [0.15, 0.2) is 36.4 Å². The van der Waals surface area contributed by atoms with Crippen molar-refractivity contribution < 1.29 is 4.79 Å². The minimum absolute atomic E-state index is 0.0663. The average molecular weight is 477 g/mol. The Morgan fingerprint density at radius 2 is 1.69 bits per heavy atom. The molecule has 35 heavy (non-hydrogen) atoms. The van der Waals surface area contributed by atoms with Gasteiger partial charge in [0.25, 0.3) is 0 Å². The van der Waals surface area contributed by atoms with E-state index in [-0.39, 0.29) is 5.91 Å². The van der Waals surface area contributed by atoms with Gasteiger partial charge in [0, 0.05) is 18.2 Å². The Balaban J connectivity index is 1.23. The molecule has 0 spiro atoms. The summed E-state index contributed by atoms with van der Waals surface area (Å²) in [6, 6.07) is 11.1. The maximum atomic E-state index is 12.6. The van der Waals surface area contributed by atoms with Crippen molar-refractivity contribution >= 4 is 12.0 Å². The molecule has 3 heteroatoms. The highest BCUT2D eigenvalue weighted by Gasteiger charge is 2.60. The first-order valence-electron chi connectivity index (χ1n) is 14.4. The highest BCUT2D eigenvalue weighted by Crippen LogP contribution is 2.67. The molecule has 1 N–H and O–H groups in total. The van der Waals surface area contributed by atoms with Crippen molar-refractivity contribution in [1.82, 2.24) is 10.2 Å². The molecular formula is C32H48N2O. The fourth-order valence-electron chi connectivity index (χ4n) is 9.57. The lowest BCUT2D eigenvalue weighted by Gasteiger charge is -2.61. The topological polar surface area (TPSA) is 32.3 Å². The first-order chi connectivity index (χ1) is 16.7. The number of benzene rings is 1. The van der Waals surface area contributed by atoms with Crippen molar-refractivity contribution in [1.29, 1.82) is 0 Å². The molecular weight excluding hydrogens is 428 g/mol. The smallest absolute Gasteiger partial charge is 0.244 e. The second kappa shape index (κ2) is 9.69. The second-order valence-electron chi connectivity index (χ2n) is 13.3. The van der Waals surface area contributed by atoms with Gasteiger partial charge in [-0.3, -0.25) is 4.79 Å². The van der Waals surface area contributed by atoms with Crippen LogP contribution in [0.3, 0.4) is 0 Å². The Bertz CT molecular complexity index is 925. The molecule has 192 valence electrons. The number of hydrogen-bond donors (Lipinski definition) is 1. The van der Waals surface area contributed by atoms with Crippen molar-refractivity contribution in [2.75, 3.05) is 14.1 Å². The maximum absolute atomic E-state index is 12.6. The Hall–Kier alpha value is -1.61. The molecule has 4 fully saturated rings. The second-order valence-corrected chi connectivity index (χ2v) is 13.3. The van der Waals surface area contributed by atoms with E-state index in [1.165, 1.54) is 51.4 Å². The molecule has 9 atom stereocenters. The summed E-state index contributed by atoms with van der Waals surface area (Å²) < 4.78 is 0. The molecule has 5 rings (SSSR count). The van der Waals surface area contributed by atoms with Crippen molar-refractivity contribution in [3.63, 3.8) is 0 Å². The Morgan fingerprint density at radius 3 is 2.43 bits per heavy atom. The minimum Gasteiger partial charge on any atom is -0.350 e. The summed E-state index contributed by atoms with van der Waals surface area (Å²) in [6.07, 6.45) is 15.8. The first-order valence-corrected chi connectivity index (χ1v) is 14.4. The highest BCUT2D eigenvalue weighted by molar-refractivity contribution is 5.91. The van der Waals surface area contributed by atoms with E-state index in [0.29, 0.717) is 22.9 Å². The quantitative estimate of drug-likeness (QED) is 0.474. The summed E-state index contributed by atoms with van der Waals surface area (Å²) in [5.74, 6) is 4.42. The molecule has 0 aromatic heterocycles. The van der Waals surface area contributed by atoms with Crippen LogP contribution in [0.1, 0.15) is 84.1 Å². The number of carbonyl (C=O) groups is 1. The van der Waals surface area contributed by atoms with Gasteiger partial charge in [0.1, 0.15) is 0 Å². The zero-order chi connectivity index (χ0) is 24.8. The summed E-state index contributed by atoms with van der Waals surface area (Å²) in [4.78, 5) is 15.1. The highest BCUT2D eigenvalue weighted by atomic mass is 16.1. The number of carbonyl (C=O) groups excluding carboxylic acids is 1. The fourth-order valence-corrected chi connectivity index (χ4v) is 9.57. The molecule has 4 aliphatic carbocycles. The van der Waals surface area contributed by atoms with Gasteiger partial charge >= 0.3 is 0 Å². The maximum Gasteiger partial charge on any atom is 0.244 e. The standard InChI is InChI=1S/C32H48N2O/c1-22(34(4)5)27-14-15-28-26-13-12-24-21-25(33-30(35)16-11-23-9-7-6-8-10-23)17-19-31(24,2)29(26)18-20-32(27,28)3/h6-11,16,22,24-29H,12-15,17-21H2,1-5H3,(H,33,35)/t22-,24-,25-,26-,27+,28-,29-,31-,32+/m0/s1. The van der Waals surface area contributed by atoms with Crippen LogP contribution in [0.25, 0.3) is 6.08 Å². The molecule has 0 bridgehead atoms. The van der Waals surface area contributed by atoms with Gasteiger partial charge in [0.2, 0.25) is 5.91 Å². The van der Waals surface area contributed by atoms with Crippen LogP contribution in [0.5, 0.6) is 0 Å². The van der Waals surface area contributed by atoms with E-state index in [0.717, 1.165) is 41.6 Å². The Labute approximate surface area is 214 Å². The van der Waals surface area contributed by atoms with Gasteiger partial charge in [-0.25, -0.2) is 0 Å². The van der Waals surface area contributed by atoms with Crippen molar-refractivity contribution in [2.45, 2.75) is 90.6 Å². The molecule has 3 nitrogen and oxygen atoms in total. The van der Waals surface area contributed by atoms with E-state index < -0.39 is 0 Å². The lowest BCUT2D eigenvalue weighted by molar-refractivity contribution is -0.125. The van der Waals surface area contributed by atoms with Gasteiger partial charge in [-0.15, -0.1) is 0 Å². The summed E-state index contributed by atoms with van der Waals surface area (Å²) >= 11 is 0. The molecule has 0 unspecified atom stereocenters. The SMILES string of the molecule is C[C@@H]([C@H]1CC[C@H]2[C@@H]3CC[C@H]4C[C@@H](NC(=O)C=Cc5ccccc5)CC[C@]4(C)[C@H]3CC[C@]12C)N(C)C. The van der Waals surface area contributed by atoms with E-state index in [4.69, 9.17) is 0 Å². The number of rotatable bonds is 5. The summed E-state index contributed by atoms with van der Waals surface area (Å²) in [6.45, 7) is 7.77. The van der Waals surface area contributed by atoms with Gasteiger partial charge in [0.05, 0.1) is 0 Å². The zero-order valence-electron chi connectivity index (χ0n) is 22.8. The molecule has 0 saturated heterocycles. The van der Waals surface area contributed by atoms with Crippen LogP contribution in [-0.4, -0.2) is 37.0 Å².